The lowest BCUT2D eigenvalue weighted by Crippen LogP contribution is -2.35. The van der Waals surface area contributed by atoms with E-state index in [9.17, 15) is 15.3 Å². The standard InChI is InChI=1S/C27H32N6O3S/c1-15-22(26-31-19-9-4-5-10-21(19)37-26)25(30-20-12-17(14-34)23(35)24(20)36)32-27(29-15)28-13-16-7-6-8-18(11-16)33(2)3/h4-11,17,20,23-24,34-36H,12-14H2,1-3H3,(H2,28,29,30,32)/t17-,20-,23-,24+/m1/s1. The van der Waals surface area contributed by atoms with Crippen molar-refractivity contribution in [3.8, 4) is 10.6 Å². The van der Waals surface area contributed by atoms with Crippen LogP contribution in [0, 0.1) is 12.8 Å². The Bertz CT molecular complexity index is 1360. The van der Waals surface area contributed by atoms with Gasteiger partial charge in [0, 0.05) is 38.9 Å². The van der Waals surface area contributed by atoms with E-state index in [1.807, 2.05) is 57.4 Å². The number of nitrogens with zero attached hydrogens (tertiary/aromatic N) is 4. The summed E-state index contributed by atoms with van der Waals surface area (Å²) in [4.78, 5) is 16.4. The maximum absolute atomic E-state index is 10.7. The lowest BCUT2D eigenvalue weighted by Gasteiger charge is -2.21. The van der Waals surface area contributed by atoms with Crippen molar-refractivity contribution < 1.29 is 15.3 Å². The molecule has 9 nitrogen and oxygen atoms in total. The van der Waals surface area contributed by atoms with E-state index in [1.165, 1.54) is 0 Å². The Balaban J connectivity index is 1.49. The van der Waals surface area contributed by atoms with Crippen LogP contribution in [-0.2, 0) is 6.54 Å². The first-order valence-corrected chi connectivity index (χ1v) is 13.1. The molecule has 4 aromatic rings. The average Bonchev–Trinajstić information content (AvgIpc) is 3.43. The predicted molar refractivity (Wildman–Crippen MR) is 148 cm³/mol. The Morgan fingerprint density at radius 2 is 1.84 bits per heavy atom. The van der Waals surface area contributed by atoms with Crippen LogP contribution in [0.2, 0.25) is 0 Å². The van der Waals surface area contributed by atoms with Gasteiger partial charge in [0.15, 0.2) is 0 Å². The number of para-hydroxylation sites is 1. The average molecular weight is 521 g/mol. The number of aryl methyl sites for hydroxylation is 1. The van der Waals surface area contributed by atoms with Gasteiger partial charge in [0.2, 0.25) is 5.95 Å². The van der Waals surface area contributed by atoms with Crippen LogP contribution < -0.4 is 15.5 Å². The number of aliphatic hydroxyl groups is 3. The molecule has 5 N–H and O–H groups in total. The number of anilines is 3. The van der Waals surface area contributed by atoms with Crippen molar-refractivity contribution in [2.75, 3.05) is 36.2 Å². The van der Waals surface area contributed by atoms with Gasteiger partial charge in [-0.3, -0.25) is 0 Å². The number of hydrogen-bond acceptors (Lipinski definition) is 10. The third-order valence-corrected chi connectivity index (χ3v) is 7.89. The van der Waals surface area contributed by atoms with Gasteiger partial charge in [-0.2, -0.15) is 4.98 Å². The molecule has 0 aliphatic heterocycles. The van der Waals surface area contributed by atoms with E-state index >= 15 is 0 Å². The molecule has 0 unspecified atom stereocenters. The molecular formula is C27H32N6O3S. The summed E-state index contributed by atoms with van der Waals surface area (Å²) < 4.78 is 1.06. The normalized spacial score (nSPS) is 21.4. The van der Waals surface area contributed by atoms with E-state index in [0.29, 0.717) is 24.7 Å². The van der Waals surface area contributed by atoms with Crippen LogP contribution in [0.5, 0.6) is 0 Å². The molecule has 1 saturated carbocycles. The maximum atomic E-state index is 10.7. The number of aliphatic hydroxyl groups excluding tert-OH is 3. The van der Waals surface area contributed by atoms with Crippen molar-refractivity contribution in [1.29, 1.82) is 0 Å². The largest absolute Gasteiger partial charge is 0.396 e. The van der Waals surface area contributed by atoms with E-state index < -0.39 is 24.2 Å². The zero-order chi connectivity index (χ0) is 26.1. The van der Waals surface area contributed by atoms with Gasteiger partial charge in [0.25, 0.3) is 0 Å². The summed E-state index contributed by atoms with van der Waals surface area (Å²) in [6.45, 7) is 2.27. The smallest absolute Gasteiger partial charge is 0.225 e. The van der Waals surface area contributed by atoms with E-state index in [-0.39, 0.29) is 6.61 Å². The van der Waals surface area contributed by atoms with Crippen molar-refractivity contribution >= 4 is 39.0 Å². The summed E-state index contributed by atoms with van der Waals surface area (Å²) in [5, 5.41) is 38.1. The highest BCUT2D eigenvalue weighted by atomic mass is 32.1. The number of aromatic nitrogens is 3. The second-order valence-corrected chi connectivity index (χ2v) is 10.7. The maximum Gasteiger partial charge on any atom is 0.225 e. The quantitative estimate of drug-likeness (QED) is 0.238. The summed E-state index contributed by atoms with van der Waals surface area (Å²) >= 11 is 1.56. The summed E-state index contributed by atoms with van der Waals surface area (Å²) in [5.74, 6) is 0.584. The van der Waals surface area contributed by atoms with Gasteiger partial charge in [-0.05, 0) is 43.2 Å². The minimum atomic E-state index is -1.03. The second kappa shape index (κ2) is 10.6. The van der Waals surface area contributed by atoms with E-state index in [0.717, 1.165) is 37.7 Å². The van der Waals surface area contributed by atoms with Crippen LogP contribution in [0.1, 0.15) is 17.7 Å². The van der Waals surface area contributed by atoms with Crippen molar-refractivity contribution in [1.82, 2.24) is 15.0 Å². The van der Waals surface area contributed by atoms with Crippen LogP contribution in [0.15, 0.2) is 48.5 Å². The fourth-order valence-electron chi connectivity index (χ4n) is 4.74. The molecule has 2 aromatic carbocycles. The van der Waals surface area contributed by atoms with E-state index in [4.69, 9.17) is 15.0 Å². The zero-order valence-corrected chi connectivity index (χ0v) is 21.9. The lowest BCUT2D eigenvalue weighted by molar-refractivity contribution is 0.00446. The highest BCUT2D eigenvalue weighted by Gasteiger charge is 2.41. The molecule has 37 heavy (non-hydrogen) atoms. The number of thiazole rings is 1. The monoisotopic (exact) mass is 520 g/mol. The highest BCUT2D eigenvalue weighted by molar-refractivity contribution is 7.21. The molecular weight excluding hydrogens is 488 g/mol. The van der Waals surface area contributed by atoms with Gasteiger partial charge in [0.1, 0.15) is 16.9 Å². The summed E-state index contributed by atoms with van der Waals surface area (Å²) in [5.41, 5.74) is 4.60. The molecule has 2 heterocycles. The first kappa shape index (κ1) is 25.3. The minimum Gasteiger partial charge on any atom is -0.396 e. The lowest BCUT2D eigenvalue weighted by atomic mass is 10.1. The molecule has 4 atom stereocenters. The Hall–Kier alpha value is -3.31. The molecule has 0 spiro atoms. The first-order chi connectivity index (χ1) is 17.8. The number of hydrogen-bond donors (Lipinski definition) is 5. The number of fused-ring (bicyclic) bond motifs is 1. The molecule has 10 heteroatoms. The zero-order valence-electron chi connectivity index (χ0n) is 21.1. The summed E-state index contributed by atoms with van der Waals surface area (Å²) in [7, 11) is 4.01. The van der Waals surface area contributed by atoms with Crippen molar-refractivity contribution in [2.24, 2.45) is 5.92 Å². The van der Waals surface area contributed by atoms with Gasteiger partial charge < -0.3 is 30.9 Å². The minimum absolute atomic E-state index is 0.192. The molecule has 2 aromatic heterocycles. The number of benzene rings is 2. The number of nitrogens with one attached hydrogen (secondary N) is 2. The van der Waals surface area contributed by atoms with Gasteiger partial charge in [-0.1, -0.05) is 24.3 Å². The Labute approximate surface area is 219 Å². The highest BCUT2D eigenvalue weighted by Crippen LogP contribution is 2.38. The molecule has 5 rings (SSSR count). The molecule has 1 aliphatic carbocycles. The molecule has 0 amide bonds. The topological polar surface area (TPSA) is 127 Å². The predicted octanol–water partition coefficient (Wildman–Crippen LogP) is 3.25. The molecule has 1 fully saturated rings. The van der Waals surface area contributed by atoms with Crippen LogP contribution in [0.4, 0.5) is 17.5 Å². The van der Waals surface area contributed by atoms with Crippen LogP contribution in [0.25, 0.3) is 20.8 Å². The van der Waals surface area contributed by atoms with Crippen molar-refractivity contribution in [3.63, 3.8) is 0 Å². The fraction of sp³-hybridized carbons (Fsp3) is 0.370. The summed E-state index contributed by atoms with van der Waals surface area (Å²) in [6.07, 6.45) is -1.61. The van der Waals surface area contributed by atoms with Crippen LogP contribution >= 0.6 is 11.3 Å². The van der Waals surface area contributed by atoms with Gasteiger partial charge in [-0.15, -0.1) is 11.3 Å². The van der Waals surface area contributed by atoms with Crippen LogP contribution in [0.3, 0.4) is 0 Å². The second-order valence-electron chi connectivity index (χ2n) is 9.67. The van der Waals surface area contributed by atoms with E-state index in [2.05, 4.69) is 27.7 Å². The van der Waals surface area contributed by atoms with Crippen LogP contribution in [-0.4, -0.2) is 69.2 Å². The molecule has 0 radical (unpaired) electrons. The third-order valence-electron chi connectivity index (χ3n) is 6.83. The summed E-state index contributed by atoms with van der Waals surface area (Å²) in [6, 6.07) is 15.7. The molecule has 1 aliphatic rings. The van der Waals surface area contributed by atoms with Gasteiger partial charge in [-0.25, -0.2) is 9.97 Å². The van der Waals surface area contributed by atoms with Gasteiger partial charge in [0.05, 0.1) is 33.6 Å². The fourth-order valence-corrected chi connectivity index (χ4v) is 5.81. The van der Waals surface area contributed by atoms with Crippen molar-refractivity contribution in [3.05, 3.63) is 59.8 Å². The van der Waals surface area contributed by atoms with Gasteiger partial charge >= 0.3 is 0 Å². The number of rotatable bonds is 8. The Kier molecular flexibility index (Phi) is 7.25. The van der Waals surface area contributed by atoms with Crippen molar-refractivity contribution in [2.45, 2.75) is 38.1 Å². The Morgan fingerprint density at radius 3 is 2.57 bits per heavy atom. The molecule has 194 valence electrons. The molecule has 0 bridgehead atoms. The SMILES string of the molecule is Cc1nc(NCc2cccc(N(C)C)c2)nc(N[C@@H]2C[C@H](CO)[C@@H](O)[C@H]2O)c1-c1nc2ccccc2s1. The first-order valence-electron chi connectivity index (χ1n) is 12.3. The Morgan fingerprint density at radius 1 is 1.03 bits per heavy atom. The van der Waals surface area contributed by atoms with E-state index in [1.54, 1.807) is 11.3 Å². The molecule has 0 saturated heterocycles. The third kappa shape index (κ3) is 5.24.